The lowest BCUT2D eigenvalue weighted by atomic mass is 10.3. The quantitative estimate of drug-likeness (QED) is 0.477. The van der Waals surface area contributed by atoms with Crippen LogP contribution in [0.25, 0.3) is 0 Å². The van der Waals surface area contributed by atoms with Gasteiger partial charge in [0.05, 0.1) is 11.4 Å². The van der Waals surface area contributed by atoms with Gasteiger partial charge in [-0.15, -0.1) is 0 Å². The van der Waals surface area contributed by atoms with Crippen LogP contribution in [-0.4, -0.2) is 11.0 Å². The van der Waals surface area contributed by atoms with Gasteiger partial charge in [-0.3, -0.25) is 4.79 Å². The molecular weight excluding hydrogens is 254 g/mol. The molecule has 0 aliphatic heterocycles. The number of hydrogen-bond donors (Lipinski definition) is 2. The van der Waals surface area contributed by atoms with E-state index in [2.05, 4.69) is 22.1 Å². The first-order chi connectivity index (χ1) is 9.51. The maximum atomic E-state index is 10.9. The van der Waals surface area contributed by atoms with Crippen molar-refractivity contribution in [2.75, 3.05) is 5.32 Å². The lowest BCUT2D eigenvalue weighted by Gasteiger charge is -2.00. The van der Waals surface area contributed by atoms with Gasteiger partial charge in [0.2, 0.25) is 5.91 Å². The molecule has 0 saturated carbocycles. The zero-order valence-electron chi connectivity index (χ0n) is 11.5. The Labute approximate surface area is 118 Å². The first kappa shape index (κ1) is 15.4. The number of carbonyl (C=O) groups is 1. The molecule has 1 rings (SSSR count). The maximum Gasteiger partial charge on any atom is 0.221 e. The number of benzene rings is 1. The van der Waals surface area contributed by atoms with E-state index in [4.69, 9.17) is 0 Å². The summed E-state index contributed by atoms with van der Waals surface area (Å²) in [6.45, 7) is 6.65. The predicted molar refractivity (Wildman–Crippen MR) is 79.9 cm³/mol. The Hall–Kier alpha value is -2.69. The van der Waals surface area contributed by atoms with Crippen LogP contribution in [0, 0.1) is 0 Å². The third-order valence-corrected chi connectivity index (χ3v) is 2.22. The monoisotopic (exact) mass is 271 g/mol. The van der Waals surface area contributed by atoms with Gasteiger partial charge in [0, 0.05) is 12.6 Å². The van der Waals surface area contributed by atoms with Crippen molar-refractivity contribution in [1.82, 2.24) is 0 Å². The van der Waals surface area contributed by atoms with Crippen LogP contribution in [0.5, 0.6) is 0 Å². The molecule has 0 fully saturated rings. The van der Waals surface area contributed by atoms with Gasteiger partial charge in [0.1, 0.15) is 5.76 Å². The molecule has 2 N–H and O–H groups in total. The molecule has 104 valence electrons. The fourth-order valence-corrected chi connectivity index (χ4v) is 1.26. The van der Waals surface area contributed by atoms with E-state index < -0.39 is 0 Å². The highest BCUT2D eigenvalue weighted by Crippen LogP contribution is 2.17. The number of hydrogen-bond acceptors (Lipinski definition) is 4. The lowest BCUT2D eigenvalue weighted by Crippen LogP contribution is -2.04. The number of anilines is 1. The summed E-state index contributed by atoms with van der Waals surface area (Å²) < 4.78 is 0. The predicted octanol–water partition coefficient (Wildman–Crippen LogP) is 4.26. The molecule has 1 aromatic rings. The van der Waals surface area contributed by atoms with E-state index >= 15 is 0 Å². The Morgan fingerprint density at radius 1 is 1.25 bits per heavy atom. The molecular formula is C15H17N3O2. The van der Waals surface area contributed by atoms with Gasteiger partial charge in [-0.25, -0.2) is 0 Å². The summed E-state index contributed by atoms with van der Waals surface area (Å²) >= 11 is 0. The summed E-state index contributed by atoms with van der Waals surface area (Å²) in [7, 11) is 0. The third kappa shape index (κ3) is 5.77. The van der Waals surface area contributed by atoms with Crippen LogP contribution in [0.4, 0.5) is 11.4 Å². The van der Waals surface area contributed by atoms with Crippen LogP contribution in [0.1, 0.15) is 13.8 Å². The number of nitrogens with zero attached hydrogens (tertiary/aromatic N) is 2. The zero-order chi connectivity index (χ0) is 15.0. The van der Waals surface area contributed by atoms with Gasteiger partial charge in [0.25, 0.3) is 0 Å². The average molecular weight is 271 g/mol. The van der Waals surface area contributed by atoms with Crippen molar-refractivity contribution >= 4 is 17.3 Å². The van der Waals surface area contributed by atoms with E-state index in [9.17, 15) is 9.90 Å². The molecule has 0 radical (unpaired) electrons. The second-order valence-electron chi connectivity index (χ2n) is 4.03. The molecule has 0 spiro atoms. The van der Waals surface area contributed by atoms with E-state index in [-0.39, 0.29) is 11.7 Å². The van der Waals surface area contributed by atoms with Gasteiger partial charge in [-0.2, -0.15) is 10.2 Å². The van der Waals surface area contributed by atoms with Crippen molar-refractivity contribution in [1.29, 1.82) is 0 Å². The van der Waals surface area contributed by atoms with Crippen LogP contribution >= 0.6 is 0 Å². The second kappa shape index (κ2) is 7.68. The number of nitrogens with one attached hydrogen (secondary N) is 1. The summed E-state index contributed by atoms with van der Waals surface area (Å²) in [6, 6.07) is 6.99. The van der Waals surface area contributed by atoms with Crippen molar-refractivity contribution in [3.05, 3.63) is 60.5 Å². The normalized spacial score (nSPS) is 12.5. The SMILES string of the molecule is C=C/C(O)=C\C=C(/C)N=Nc1ccc(NC(C)=O)cc1. The highest BCUT2D eigenvalue weighted by Gasteiger charge is 1.95. The molecule has 5 nitrogen and oxygen atoms in total. The second-order valence-corrected chi connectivity index (χ2v) is 4.03. The molecule has 1 aromatic carbocycles. The third-order valence-electron chi connectivity index (χ3n) is 2.22. The molecule has 0 heterocycles. The van der Waals surface area contributed by atoms with Gasteiger partial charge >= 0.3 is 0 Å². The highest BCUT2D eigenvalue weighted by molar-refractivity contribution is 5.88. The first-order valence-corrected chi connectivity index (χ1v) is 6.00. The number of carbonyl (C=O) groups excluding carboxylic acids is 1. The van der Waals surface area contributed by atoms with E-state index in [1.54, 1.807) is 37.3 Å². The van der Waals surface area contributed by atoms with Crippen LogP contribution in [0.15, 0.2) is 70.8 Å². The number of aliphatic hydroxyl groups is 1. The van der Waals surface area contributed by atoms with Gasteiger partial charge in [-0.05, 0) is 49.4 Å². The minimum absolute atomic E-state index is 0.0687. The number of amides is 1. The molecule has 0 aromatic heterocycles. The Balaban J connectivity index is 2.70. The summed E-state index contributed by atoms with van der Waals surface area (Å²) in [5.41, 5.74) is 2.02. The molecule has 0 atom stereocenters. The minimum Gasteiger partial charge on any atom is -0.508 e. The van der Waals surface area contributed by atoms with Crippen molar-refractivity contribution in [2.24, 2.45) is 10.2 Å². The molecule has 0 bridgehead atoms. The molecule has 5 heteroatoms. The van der Waals surface area contributed by atoms with Crippen molar-refractivity contribution in [2.45, 2.75) is 13.8 Å². The Morgan fingerprint density at radius 3 is 2.45 bits per heavy atom. The Kier molecular flexibility index (Phi) is 5.90. The molecule has 0 aliphatic carbocycles. The van der Waals surface area contributed by atoms with E-state index in [1.165, 1.54) is 19.1 Å². The molecule has 0 aliphatic rings. The summed E-state index contributed by atoms with van der Waals surface area (Å²) in [5.74, 6) is -0.0498. The zero-order valence-corrected chi connectivity index (χ0v) is 11.5. The van der Waals surface area contributed by atoms with Crippen molar-refractivity contribution in [3.63, 3.8) is 0 Å². The topological polar surface area (TPSA) is 74.1 Å². The number of aliphatic hydroxyl groups excluding tert-OH is 1. The van der Waals surface area contributed by atoms with Gasteiger partial charge < -0.3 is 10.4 Å². The maximum absolute atomic E-state index is 10.9. The highest BCUT2D eigenvalue weighted by atomic mass is 16.3. The molecule has 20 heavy (non-hydrogen) atoms. The molecule has 0 unspecified atom stereocenters. The smallest absolute Gasteiger partial charge is 0.221 e. The van der Waals surface area contributed by atoms with E-state index in [0.29, 0.717) is 17.1 Å². The van der Waals surface area contributed by atoms with Crippen LogP contribution in [-0.2, 0) is 4.79 Å². The summed E-state index contributed by atoms with van der Waals surface area (Å²) in [5, 5.41) is 19.9. The van der Waals surface area contributed by atoms with Crippen molar-refractivity contribution in [3.8, 4) is 0 Å². The van der Waals surface area contributed by atoms with Gasteiger partial charge in [-0.1, -0.05) is 6.58 Å². The summed E-state index contributed by atoms with van der Waals surface area (Å²) in [6.07, 6.45) is 4.45. The number of allylic oxidation sites excluding steroid dienone is 4. The van der Waals surface area contributed by atoms with Gasteiger partial charge in [0.15, 0.2) is 0 Å². The first-order valence-electron chi connectivity index (χ1n) is 6.00. The fraction of sp³-hybridized carbons (Fsp3) is 0.133. The molecule has 1 amide bonds. The summed E-state index contributed by atoms with van der Waals surface area (Å²) in [4.78, 5) is 10.9. The number of rotatable bonds is 5. The Bertz CT molecular complexity index is 569. The van der Waals surface area contributed by atoms with E-state index in [0.717, 1.165) is 0 Å². The van der Waals surface area contributed by atoms with Crippen molar-refractivity contribution < 1.29 is 9.90 Å². The van der Waals surface area contributed by atoms with Crippen LogP contribution in [0.2, 0.25) is 0 Å². The average Bonchev–Trinajstić information content (AvgIpc) is 2.43. The molecule has 0 saturated heterocycles. The van der Waals surface area contributed by atoms with Crippen LogP contribution in [0.3, 0.4) is 0 Å². The van der Waals surface area contributed by atoms with Crippen LogP contribution < -0.4 is 5.32 Å². The fourth-order valence-electron chi connectivity index (χ4n) is 1.26. The van der Waals surface area contributed by atoms with E-state index in [1.807, 2.05) is 0 Å². The Morgan fingerprint density at radius 2 is 1.90 bits per heavy atom. The largest absolute Gasteiger partial charge is 0.508 e. The standard InChI is InChI=1S/C15H17N3O2/c1-4-15(20)10-5-11(2)17-18-14-8-6-13(7-9-14)16-12(3)19/h4-10,20H,1H2,2-3H3,(H,16,19)/b11-5+,15-10+,18-17?. The number of azo groups is 1. The minimum atomic E-state index is -0.119. The lowest BCUT2D eigenvalue weighted by molar-refractivity contribution is -0.114.